The second-order valence-corrected chi connectivity index (χ2v) is 5.25. The number of halogens is 3. The second-order valence-electron chi connectivity index (χ2n) is 3.43. The van der Waals surface area contributed by atoms with Crippen molar-refractivity contribution in [2.75, 3.05) is 0 Å². The molecule has 2 nitrogen and oxygen atoms in total. The highest BCUT2D eigenvalue weighted by molar-refractivity contribution is 6.62. The number of hydrogen-bond acceptors (Lipinski definition) is 2. The molecule has 0 N–H and O–H groups in total. The Hall–Kier alpha value is 0.240. The monoisotopic (exact) mass is 240 g/mol. The van der Waals surface area contributed by atoms with Crippen LogP contribution in [0.5, 0.6) is 0 Å². The van der Waals surface area contributed by atoms with E-state index in [1.165, 1.54) is 0 Å². The average molecular weight is 242 g/mol. The molecule has 2 bridgehead atoms. The highest BCUT2D eigenvalue weighted by Gasteiger charge is 2.59. The third-order valence-corrected chi connectivity index (χ3v) is 3.84. The summed E-state index contributed by atoms with van der Waals surface area (Å²) >= 11 is 17.5. The van der Waals surface area contributed by atoms with Crippen LogP contribution >= 0.6 is 34.8 Å². The van der Waals surface area contributed by atoms with Gasteiger partial charge in [0.1, 0.15) is 17.1 Å². The summed E-state index contributed by atoms with van der Waals surface area (Å²) in [5.41, 5.74) is -0.753. The number of alkyl halides is 3. The van der Waals surface area contributed by atoms with Crippen LogP contribution in [0.3, 0.4) is 0 Å². The molecule has 72 valence electrons. The van der Waals surface area contributed by atoms with Crippen LogP contribution < -0.4 is 0 Å². The van der Waals surface area contributed by atoms with Crippen molar-refractivity contribution in [3.05, 3.63) is 12.2 Å². The summed E-state index contributed by atoms with van der Waals surface area (Å²) in [6, 6.07) is 0. The first-order chi connectivity index (χ1) is 5.88. The van der Waals surface area contributed by atoms with Crippen molar-refractivity contribution < 1.29 is 9.53 Å². The van der Waals surface area contributed by atoms with E-state index in [2.05, 4.69) is 0 Å². The van der Waals surface area contributed by atoms with Crippen molar-refractivity contribution in [2.24, 2.45) is 0 Å². The number of carbonyl (C=O) groups is 1. The fourth-order valence-corrected chi connectivity index (χ4v) is 2.40. The van der Waals surface area contributed by atoms with Crippen LogP contribution in [0.1, 0.15) is 6.92 Å². The Morgan fingerprint density at radius 3 is 2.77 bits per heavy atom. The van der Waals surface area contributed by atoms with Crippen molar-refractivity contribution in [2.45, 2.75) is 28.3 Å². The van der Waals surface area contributed by atoms with Crippen molar-refractivity contribution in [1.29, 1.82) is 0 Å². The molecule has 2 rings (SSSR count). The Morgan fingerprint density at radius 2 is 2.15 bits per heavy atom. The Bertz CT molecular complexity index is 300. The molecule has 2 aliphatic heterocycles. The molecule has 13 heavy (non-hydrogen) atoms. The van der Waals surface area contributed by atoms with Gasteiger partial charge in [0.25, 0.3) is 0 Å². The summed E-state index contributed by atoms with van der Waals surface area (Å²) < 4.78 is 3.91. The standard InChI is InChI=1S/C8H7Cl3O2/c1-7-3-2-4(13-7)8(10,11)6(12)5(7)9/h2-5H,1H3/t4-,5-,7+/m1/s1. The van der Waals surface area contributed by atoms with E-state index < -0.39 is 21.4 Å². The van der Waals surface area contributed by atoms with Crippen LogP contribution in [0, 0.1) is 0 Å². The highest BCUT2D eigenvalue weighted by atomic mass is 35.5. The fraction of sp³-hybridized carbons (Fsp3) is 0.625. The van der Waals surface area contributed by atoms with Crippen molar-refractivity contribution in [1.82, 2.24) is 0 Å². The molecule has 5 heteroatoms. The quantitative estimate of drug-likeness (QED) is 0.479. The van der Waals surface area contributed by atoms with Crippen molar-refractivity contribution in [3.8, 4) is 0 Å². The van der Waals surface area contributed by atoms with Gasteiger partial charge in [0.2, 0.25) is 4.33 Å². The van der Waals surface area contributed by atoms with Crippen LogP contribution in [-0.4, -0.2) is 27.2 Å². The summed E-state index contributed by atoms with van der Waals surface area (Å²) in [6.45, 7) is 1.74. The molecule has 0 amide bonds. The number of ether oxygens (including phenoxy) is 1. The Kier molecular flexibility index (Phi) is 1.98. The minimum Gasteiger partial charge on any atom is -0.358 e. The van der Waals surface area contributed by atoms with Crippen LogP contribution in [0.25, 0.3) is 0 Å². The maximum atomic E-state index is 11.6. The smallest absolute Gasteiger partial charge is 0.206 e. The van der Waals surface area contributed by atoms with E-state index in [1.54, 1.807) is 19.1 Å². The lowest BCUT2D eigenvalue weighted by molar-refractivity contribution is -0.135. The summed E-state index contributed by atoms with van der Waals surface area (Å²) in [5, 5.41) is -0.822. The largest absolute Gasteiger partial charge is 0.358 e. The molecule has 0 aromatic carbocycles. The first-order valence-electron chi connectivity index (χ1n) is 3.81. The topological polar surface area (TPSA) is 26.3 Å². The molecule has 0 saturated carbocycles. The predicted octanol–water partition coefficient (Wildman–Crippen LogP) is 2.06. The van der Waals surface area contributed by atoms with E-state index in [4.69, 9.17) is 39.5 Å². The van der Waals surface area contributed by atoms with Gasteiger partial charge in [-0.25, -0.2) is 0 Å². The lowest BCUT2D eigenvalue weighted by Gasteiger charge is -2.39. The Labute approximate surface area is 90.8 Å². The van der Waals surface area contributed by atoms with Crippen LogP contribution in [0.2, 0.25) is 0 Å². The fourth-order valence-electron chi connectivity index (χ4n) is 1.54. The van der Waals surface area contributed by atoms with Crippen LogP contribution in [-0.2, 0) is 9.53 Å². The molecule has 0 aliphatic carbocycles. The van der Waals surface area contributed by atoms with E-state index in [0.29, 0.717) is 0 Å². The van der Waals surface area contributed by atoms with Gasteiger partial charge in [0.15, 0.2) is 5.78 Å². The number of fused-ring (bicyclic) bond motifs is 2. The number of carbonyl (C=O) groups excluding carboxylic acids is 1. The highest BCUT2D eigenvalue weighted by Crippen LogP contribution is 2.46. The van der Waals surface area contributed by atoms with E-state index in [0.717, 1.165) is 0 Å². The minimum absolute atomic E-state index is 0.388. The maximum absolute atomic E-state index is 11.6. The molecule has 0 radical (unpaired) electrons. The first-order valence-corrected chi connectivity index (χ1v) is 5.00. The number of Topliss-reactive ketones (excluding diaryl/α,β-unsaturated/α-hetero) is 1. The van der Waals surface area contributed by atoms with Crippen LogP contribution in [0.15, 0.2) is 12.2 Å². The van der Waals surface area contributed by atoms with E-state index in [9.17, 15) is 4.79 Å². The molecular weight excluding hydrogens is 234 g/mol. The molecule has 0 aromatic heterocycles. The number of rotatable bonds is 0. The normalized spacial score (nSPS) is 46.9. The first kappa shape index (κ1) is 9.78. The number of ketones is 1. The zero-order valence-electron chi connectivity index (χ0n) is 6.76. The van der Waals surface area contributed by atoms with Gasteiger partial charge in [0, 0.05) is 0 Å². The molecule has 1 saturated heterocycles. The lowest BCUT2D eigenvalue weighted by atomic mass is 9.96. The third-order valence-electron chi connectivity index (χ3n) is 2.40. The Balaban J connectivity index is 2.45. The van der Waals surface area contributed by atoms with Crippen molar-refractivity contribution in [3.63, 3.8) is 0 Å². The molecule has 3 atom stereocenters. The van der Waals surface area contributed by atoms with Gasteiger partial charge in [-0.3, -0.25) is 4.79 Å². The van der Waals surface area contributed by atoms with Gasteiger partial charge in [-0.15, -0.1) is 11.6 Å². The van der Waals surface area contributed by atoms with Gasteiger partial charge in [-0.1, -0.05) is 35.4 Å². The number of hydrogen-bond donors (Lipinski definition) is 0. The summed E-state index contributed by atoms with van der Waals surface area (Å²) in [4.78, 5) is 11.6. The molecular formula is C8H7Cl3O2. The van der Waals surface area contributed by atoms with Gasteiger partial charge in [-0.2, -0.15) is 0 Å². The molecule has 2 aliphatic rings. The Morgan fingerprint density at radius 1 is 1.54 bits per heavy atom. The van der Waals surface area contributed by atoms with Crippen LogP contribution in [0.4, 0.5) is 0 Å². The predicted molar refractivity (Wildman–Crippen MR) is 51.5 cm³/mol. The molecule has 2 heterocycles. The summed E-state index contributed by atoms with van der Waals surface area (Å²) in [7, 11) is 0. The minimum atomic E-state index is -1.54. The maximum Gasteiger partial charge on any atom is 0.206 e. The van der Waals surface area contributed by atoms with Gasteiger partial charge < -0.3 is 4.74 Å². The van der Waals surface area contributed by atoms with Gasteiger partial charge in [0.05, 0.1) is 0 Å². The molecule has 1 fully saturated rings. The SMILES string of the molecule is C[C@@]12C=C[C@@H](O1)C(Cl)(Cl)C(=O)[C@H]2Cl. The average Bonchev–Trinajstić information content (AvgIpc) is 2.43. The van der Waals surface area contributed by atoms with E-state index in [-0.39, 0.29) is 5.78 Å². The molecule has 0 spiro atoms. The zero-order valence-corrected chi connectivity index (χ0v) is 9.03. The summed E-state index contributed by atoms with van der Waals surface area (Å²) in [6.07, 6.45) is 2.84. The molecule has 0 aromatic rings. The second kappa shape index (κ2) is 2.63. The molecule has 0 unspecified atom stereocenters. The van der Waals surface area contributed by atoms with E-state index in [1.807, 2.05) is 0 Å². The van der Waals surface area contributed by atoms with Gasteiger partial charge in [-0.05, 0) is 6.92 Å². The third kappa shape index (κ3) is 1.16. The van der Waals surface area contributed by atoms with Crippen molar-refractivity contribution >= 4 is 40.6 Å². The summed E-state index contributed by atoms with van der Waals surface area (Å²) in [5.74, 6) is -0.388. The zero-order chi connectivity index (χ0) is 9.85. The lowest BCUT2D eigenvalue weighted by Crippen LogP contribution is -2.57. The van der Waals surface area contributed by atoms with Gasteiger partial charge >= 0.3 is 0 Å². The van der Waals surface area contributed by atoms with E-state index >= 15 is 0 Å².